The van der Waals surface area contributed by atoms with Crippen LogP contribution in [0.25, 0.3) is 0 Å². The maximum Gasteiger partial charge on any atom is 0.220 e. The first-order valence-electron chi connectivity index (χ1n) is 13.1. The molecule has 0 aromatic heterocycles. The van der Waals surface area contributed by atoms with Gasteiger partial charge in [0.15, 0.2) is 18.3 Å². The van der Waals surface area contributed by atoms with Crippen LogP contribution in [0.2, 0.25) is 0 Å². The molecular formula is C31H38N2O5. The minimum atomic E-state index is -0.00455. The quantitative estimate of drug-likeness (QED) is 0.198. The molecule has 0 saturated heterocycles. The number of carbonyl (C=O) groups excluding carboxylic acids is 2. The predicted octanol–water partition coefficient (Wildman–Crippen LogP) is 4.83. The largest absolute Gasteiger partial charge is 0.485 e. The Morgan fingerprint density at radius 3 is 1.84 bits per heavy atom. The summed E-state index contributed by atoms with van der Waals surface area (Å²) in [5.74, 6) is 1.27. The first-order valence-corrected chi connectivity index (χ1v) is 13.1. The van der Waals surface area contributed by atoms with Crippen molar-refractivity contribution in [1.82, 2.24) is 10.6 Å². The lowest BCUT2D eigenvalue weighted by molar-refractivity contribution is -0.123. The molecule has 0 saturated carbocycles. The van der Waals surface area contributed by atoms with Crippen LogP contribution in [0, 0.1) is 0 Å². The Morgan fingerprint density at radius 2 is 1.24 bits per heavy atom. The summed E-state index contributed by atoms with van der Waals surface area (Å²) in [7, 11) is 1.57. The first-order chi connectivity index (χ1) is 18.6. The van der Waals surface area contributed by atoms with Gasteiger partial charge in [0.1, 0.15) is 6.61 Å². The van der Waals surface area contributed by atoms with Crippen molar-refractivity contribution in [2.24, 2.45) is 0 Å². The van der Waals surface area contributed by atoms with Crippen LogP contribution >= 0.6 is 0 Å². The summed E-state index contributed by atoms with van der Waals surface area (Å²) >= 11 is 0. The Kier molecular flexibility index (Phi) is 12.7. The highest BCUT2D eigenvalue weighted by Crippen LogP contribution is 2.29. The van der Waals surface area contributed by atoms with E-state index in [1.54, 1.807) is 7.11 Å². The zero-order valence-electron chi connectivity index (χ0n) is 22.1. The van der Waals surface area contributed by atoms with E-state index in [0.717, 1.165) is 17.5 Å². The summed E-state index contributed by atoms with van der Waals surface area (Å²) in [5, 5.41) is 5.91. The number of hydrogen-bond acceptors (Lipinski definition) is 5. The number of hydrogen-bond donors (Lipinski definition) is 2. The number of carbonyl (C=O) groups is 2. The second-order valence-corrected chi connectivity index (χ2v) is 9.00. The van der Waals surface area contributed by atoms with Gasteiger partial charge in [0.25, 0.3) is 0 Å². The van der Waals surface area contributed by atoms with Gasteiger partial charge in [0.2, 0.25) is 11.8 Å². The number of benzene rings is 3. The van der Waals surface area contributed by atoms with Gasteiger partial charge in [-0.15, -0.1) is 0 Å². The second-order valence-electron chi connectivity index (χ2n) is 9.00. The van der Waals surface area contributed by atoms with Gasteiger partial charge in [-0.25, -0.2) is 0 Å². The van der Waals surface area contributed by atoms with Gasteiger partial charge in [-0.2, -0.15) is 0 Å². The molecule has 0 radical (unpaired) electrons. The molecule has 0 aliphatic rings. The van der Waals surface area contributed by atoms with E-state index in [0.29, 0.717) is 63.3 Å². The van der Waals surface area contributed by atoms with Crippen molar-refractivity contribution in [2.45, 2.75) is 45.1 Å². The Labute approximate surface area is 225 Å². The summed E-state index contributed by atoms with van der Waals surface area (Å²) in [6.45, 7) is 1.71. The minimum absolute atomic E-state index is 0.00455. The van der Waals surface area contributed by atoms with Crippen molar-refractivity contribution in [3.63, 3.8) is 0 Å². The van der Waals surface area contributed by atoms with E-state index in [1.807, 2.05) is 66.7 Å². The molecule has 0 spiro atoms. The molecule has 3 rings (SSSR count). The molecule has 3 aromatic rings. The van der Waals surface area contributed by atoms with Gasteiger partial charge in [0.05, 0.1) is 0 Å². The SMILES string of the molecule is COCOc1ccc(CCNC(=O)CCCCC(=O)NCCc2ccccc2)cc1OCc1ccccc1. The molecule has 0 unspecified atom stereocenters. The first kappa shape index (κ1) is 28.7. The average Bonchev–Trinajstić information content (AvgIpc) is 2.95. The van der Waals surface area contributed by atoms with E-state index in [1.165, 1.54) is 5.56 Å². The van der Waals surface area contributed by atoms with Crippen LogP contribution in [0.1, 0.15) is 42.4 Å². The highest BCUT2D eigenvalue weighted by Gasteiger charge is 2.09. The summed E-state index contributed by atoms with van der Waals surface area (Å²) in [5.41, 5.74) is 3.30. The van der Waals surface area contributed by atoms with Crippen LogP contribution < -0.4 is 20.1 Å². The number of methoxy groups -OCH3 is 1. The summed E-state index contributed by atoms with van der Waals surface area (Å²) in [6, 6.07) is 25.8. The molecule has 0 bridgehead atoms. The molecule has 7 heteroatoms. The lowest BCUT2D eigenvalue weighted by atomic mass is 10.1. The number of amides is 2. The average molecular weight is 519 g/mol. The lowest BCUT2D eigenvalue weighted by Gasteiger charge is -2.14. The van der Waals surface area contributed by atoms with Crippen molar-refractivity contribution < 1.29 is 23.8 Å². The number of ether oxygens (including phenoxy) is 3. The molecule has 0 aliphatic carbocycles. The fraction of sp³-hybridized carbons (Fsp3) is 0.355. The molecule has 3 aromatic carbocycles. The Balaban J connectivity index is 1.33. The standard InChI is InChI=1S/C31H38N2O5/c1-36-24-38-28-17-16-26(22-29(28)37-23-27-12-6-3-7-13-27)19-21-33-31(35)15-9-8-14-30(34)32-20-18-25-10-4-2-5-11-25/h2-7,10-13,16-17,22H,8-9,14-15,18-21,23-24H2,1H3,(H,32,34)(H,33,35). The molecule has 0 heterocycles. The lowest BCUT2D eigenvalue weighted by Crippen LogP contribution is -2.26. The highest BCUT2D eigenvalue weighted by atomic mass is 16.7. The molecule has 2 amide bonds. The van der Waals surface area contributed by atoms with E-state index < -0.39 is 0 Å². The molecule has 0 fully saturated rings. The maximum atomic E-state index is 12.2. The van der Waals surface area contributed by atoms with Crippen molar-refractivity contribution in [3.05, 3.63) is 95.6 Å². The van der Waals surface area contributed by atoms with Gasteiger partial charge >= 0.3 is 0 Å². The summed E-state index contributed by atoms with van der Waals surface area (Å²) in [4.78, 5) is 24.2. The van der Waals surface area contributed by atoms with Crippen molar-refractivity contribution in [2.75, 3.05) is 27.0 Å². The van der Waals surface area contributed by atoms with Gasteiger partial charge < -0.3 is 24.8 Å². The minimum Gasteiger partial charge on any atom is -0.485 e. The number of nitrogens with one attached hydrogen (secondary N) is 2. The van der Waals surface area contributed by atoms with Crippen molar-refractivity contribution in [3.8, 4) is 11.5 Å². The zero-order valence-corrected chi connectivity index (χ0v) is 22.1. The third-order valence-electron chi connectivity index (χ3n) is 5.95. The molecule has 202 valence electrons. The maximum absolute atomic E-state index is 12.2. The predicted molar refractivity (Wildman–Crippen MR) is 148 cm³/mol. The third-order valence-corrected chi connectivity index (χ3v) is 5.95. The number of rotatable bonds is 17. The molecule has 0 aliphatic heterocycles. The third kappa shape index (κ3) is 11.0. The topological polar surface area (TPSA) is 85.9 Å². The number of unbranched alkanes of at least 4 members (excludes halogenated alkanes) is 1. The molecule has 7 nitrogen and oxygen atoms in total. The van der Waals surface area contributed by atoms with Crippen LogP contribution in [-0.2, 0) is 33.8 Å². The molecule has 2 N–H and O–H groups in total. The van der Waals surface area contributed by atoms with Crippen LogP contribution in [0.15, 0.2) is 78.9 Å². The van der Waals surface area contributed by atoms with Crippen LogP contribution in [0.4, 0.5) is 0 Å². The van der Waals surface area contributed by atoms with E-state index in [9.17, 15) is 9.59 Å². The summed E-state index contributed by atoms with van der Waals surface area (Å²) < 4.78 is 16.7. The van der Waals surface area contributed by atoms with Gasteiger partial charge in [-0.1, -0.05) is 66.7 Å². The van der Waals surface area contributed by atoms with E-state index in [-0.39, 0.29) is 18.6 Å². The van der Waals surface area contributed by atoms with Gasteiger partial charge in [-0.05, 0) is 54.5 Å². The highest BCUT2D eigenvalue weighted by molar-refractivity contribution is 5.77. The molecular weight excluding hydrogens is 480 g/mol. The zero-order chi connectivity index (χ0) is 26.8. The van der Waals surface area contributed by atoms with E-state index >= 15 is 0 Å². The van der Waals surface area contributed by atoms with Crippen molar-refractivity contribution >= 4 is 11.8 Å². The fourth-order valence-electron chi connectivity index (χ4n) is 3.88. The Hall–Kier alpha value is -3.84. The Bertz CT molecular complexity index is 1110. The van der Waals surface area contributed by atoms with Gasteiger partial charge in [-0.3, -0.25) is 9.59 Å². The normalized spacial score (nSPS) is 10.6. The van der Waals surface area contributed by atoms with E-state index in [2.05, 4.69) is 22.8 Å². The molecule has 38 heavy (non-hydrogen) atoms. The van der Waals surface area contributed by atoms with Crippen molar-refractivity contribution in [1.29, 1.82) is 0 Å². The summed E-state index contributed by atoms with van der Waals surface area (Å²) in [6.07, 6.45) is 3.70. The Morgan fingerprint density at radius 1 is 0.658 bits per heavy atom. The molecule has 0 atom stereocenters. The second kappa shape index (κ2) is 16.8. The monoisotopic (exact) mass is 518 g/mol. The van der Waals surface area contributed by atoms with Crippen LogP contribution in [0.5, 0.6) is 11.5 Å². The van der Waals surface area contributed by atoms with Crippen LogP contribution in [0.3, 0.4) is 0 Å². The smallest absolute Gasteiger partial charge is 0.220 e. The van der Waals surface area contributed by atoms with Crippen LogP contribution in [-0.4, -0.2) is 38.8 Å². The fourth-order valence-corrected chi connectivity index (χ4v) is 3.88. The van der Waals surface area contributed by atoms with E-state index in [4.69, 9.17) is 14.2 Å². The van der Waals surface area contributed by atoms with Gasteiger partial charge in [0, 0.05) is 33.0 Å².